The van der Waals surface area contributed by atoms with E-state index in [-0.39, 0.29) is 16.9 Å². The number of rotatable bonds is 8. The summed E-state index contributed by atoms with van der Waals surface area (Å²) in [5.74, 6) is 0.0981. The van der Waals surface area contributed by atoms with Gasteiger partial charge in [0.2, 0.25) is 0 Å². The Morgan fingerprint density at radius 3 is 2.06 bits per heavy atom. The number of hydrogen-bond acceptors (Lipinski definition) is 4. The SMILES string of the molecule is O=C(NC(=S)Nc1cccc(C(=O)Nc2ccccc2)c1)c1ccc(OCCc2ccccc2)cc1. The molecule has 0 saturated carbocycles. The molecule has 4 aromatic rings. The van der Waals surface area contributed by atoms with Crippen molar-refractivity contribution in [2.24, 2.45) is 0 Å². The summed E-state index contributed by atoms with van der Waals surface area (Å²) in [6.45, 7) is 0.548. The first-order valence-electron chi connectivity index (χ1n) is 11.4. The van der Waals surface area contributed by atoms with Crippen molar-refractivity contribution in [3.05, 3.63) is 126 Å². The topological polar surface area (TPSA) is 79.5 Å². The minimum atomic E-state index is -0.346. The molecule has 0 saturated heterocycles. The van der Waals surface area contributed by atoms with Crippen molar-refractivity contribution < 1.29 is 14.3 Å². The Bertz CT molecular complexity index is 1330. The lowest BCUT2D eigenvalue weighted by Gasteiger charge is -2.11. The molecule has 4 aromatic carbocycles. The van der Waals surface area contributed by atoms with E-state index >= 15 is 0 Å². The Balaban J connectivity index is 1.27. The molecule has 0 aliphatic carbocycles. The third-order valence-corrected chi connectivity index (χ3v) is 5.46. The van der Waals surface area contributed by atoms with Crippen LogP contribution in [0.1, 0.15) is 26.3 Å². The highest BCUT2D eigenvalue weighted by atomic mass is 32.1. The van der Waals surface area contributed by atoms with Gasteiger partial charge in [0.1, 0.15) is 5.75 Å². The number of nitrogens with one attached hydrogen (secondary N) is 3. The highest BCUT2D eigenvalue weighted by molar-refractivity contribution is 7.80. The first-order chi connectivity index (χ1) is 17.6. The first-order valence-corrected chi connectivity index (χ1v) is 11.8. The molecule has 4 rings (SSSR count). The number of benzene rings is 4. The Labute approximate surface area is 215 Å². The molecule has 0 atom stereocenters. The van der Waals surface area contributed by atoms with Crippen LogP contribution in [0.4, 0.5) is 11.4 Å². The number of para-hydroxylation sites is 1. The molecule has 0 aromatic heterocycles. The second-order valence-electron chi connectivity index (χ2n) is 7.92. The average Bonchev–Trinajstić information content (AvgIpc) is 2.90. The third kappa shape index (κ3) is 7.25. The zero-order chi connectivity index (χ0) is 25.2. The van der Waals surface area contributed by atoms with Crippen LogP contribution in [-0.4, -0.2) is 23.5 Å². The van der Waals surface area contributed by atoms with Crippen LogP contribution in [0.5, 0.6) is 5.75 Å². The van der Waals surface area contributed by atoms with Crippen molar-refractivity contribution in [2.45, 2.75) is 6.42 Å². The highest BCUT2D eigenvalue weighted by Crippen LogP contribution is 2.15. The summed E-state index contributed by atoms with van der Waals surface area (Å²) in [6, 6.07) is 33.1. The van der Waals surface area contributed by atoms with E-state index in [9.17, 15) is 9.59 Å². The van der Waals surface area contributed by atoms with Crippen LogP contribution in [0.25, 0.3) is 0 Å². The fourth-order valence-electron chi connectivity index (χ4n) is 3.43. The van der Waals surface area contributed by atoms with E-state index in [0.717, 1.165) is 6.42 Å². The van der Waals surface area contributed by atoms with E-state index in [1.165, 1.54) is 5.56 Å². The van der Waals surface area contributed by atoms with Gasteiger partial charge in [-0.25, -0.2) is 0 Å². The lowest BCUT2D eigenvalue weighted by Crippen LogP contribution is -2.34. The van der Waals surface area contributed by atoms with Crippen molar-refractivity contribution >= 4 is 40.5 Å². The van der Waals surface area contributed by atoms with Gasteiger partial charge in [0.05, 0.1) is 6.61 Å². The minimum absolute atomic E-state index is 0.129. The van der Waals surface area contributed by atoms with E-state index in [1.54, 1.807) is 48.5 Å². The number of hydrogen-bond donors (Lipinski definition) is 3. The molecule has 7 heteroatoms. The van der Waals surface area contributed by atoms with E-state index in [0.29, 0.717) is 34.9 Å². The molecule has 0 fully saturated rings. The number of ether oxygens (including phenoxy) is 1. The Hall–Kier alpha value is -4.49. The molecule has 0 radical (unpaired) electrons. The molecule has 0 aliphatic heterocycles. The smallest absolute Gasteiger partial charge is 0.257 e. The number of carbonyl (C=O) groups is 2. The van der Waals surface area contributed by atoms with Gasteiger partial charge in [-0.15, -0.1) is 0 Å². The minimum Gasteiger partial charge on any atom is -0.493 e. The molecular weight excluding hydrogens is 470 g/mol. The third-order valence-electron chi connectivity index (χ3n) is 5.26. The maximum atomic E-state index is 12.6. The van der Waals surface area contributed by atoms with Crippen LogP contribution in [0, 0.1) is 0 Å². The molecule has 2 amide bonds. The summed E-state index contributed by atoms with van der Waals surface area (Å²) in [5.41, 5.74) is 3.41. The monoisotopic (exact) mass is 495 g/mol. The fraction of sp³-hybridized carbons (Fsp3) is 0.0690. The number of thiocarbonyl (C=S) groups is 1. The molecule has 3 N–H and O–H groups in total. The lowest BCUT2D eigenvalue weighted by molar-refractivity contribution is 0.0976. The first kappa shape index (κ1) is 24.6. The number of amides is 2. The van der Waals surface area contributed by atoms with Crippen LogP contribution in [0.3, 0.4) is 0 Å². The quantitative estimate of drug-likeness (QED) is 0.274. The normalized spacial score (nSPS) is 10.2. The molecule has 0 unspecified atom stereocenters. The Kier molecular flexibility index (Phi) is 8.40. The molecule has 0 bridgehead atoms. The van der Waals surface area contributed by atoms with E-state index in [2.05, 4.69) is 28.1 Å². The zero-order valence-electron chi connectivity index (χ0n) is 19.4. The van der Waals surface area contributed by atoms with E-state index in [4.69, 9.17) is 17.0 Å². The van der Waals surface area contributed by atoms with Crippen LogP contribution < -0.4 is 20.7 Å². The molecule has 0 spiro atoms. The van der Waals surface area contributed by atoms with Crippen LogP contribution in [-0.2, 0) is 6.42 Å². The molecule has 36 heavy (non-hydrogen) atoms. The van der Waals surface area contributed by atoms with Gasteiger partial charge in [-0.2, -0.15) is 0 Å². The predicted octanol–water partition coefficient (Wildman–Crippen LogP) is 5.69. The van der Waals surface area contributed by atoms with Crippen molar-refractivity contribution in [3.63, 3.8) is 0 Å². The summed E-state index contributed by atoms with van der Waals surface area (Å²) in [7, 11) is 0. The van der Waals surface area contributed by atoms with E-state index in [1.807, 2.05) is 48.5 Å². The molecule has 180 valence electrons. The lowest BCUT2D eigenvalue weighted by atomic mass is 10.2. The second kappa shape index (κ2) is 12.3. The zero-order valence-corrected chi connectivity index (χ0v) is 20.3. The van der Waals surface area contributed by atoms with Crippen LogP contribution >= 0.6 is 12.2 Å². The van der Waals surface area contributed by atoms with Gasteiger partial charge in [0, 0.05) is 28.9 Å². The fourth-order valence-corrected chi connectivity index (χ4v) is 3.65. The number of carbonyl (C=O) groups excluding carboxylic acids is 2. The Morgan fingerprint density at radius 2 is 1.33 bits per heavy atom. The molecule has 6 nitrogen and oxygen atoms in total. The van der Waals surface area contributed by atoms with Gasteiger partial charge in [0.15, 0.2) is 5.11 Å². The molecular formula is C29H25N3O3S. The van der Waals surface area contributed by atoms with Gasteiger partial charge < -0.3 is 15.4 Å². The molecule has 0 heterocycles. The van der Waals surface area contributed by atoms with Crippen molar-refractivity contribution in [3.8, 4) is 5.75 Å². The van der Waals surface area contributed by atoms with Gasteiger partial charge in [-0.3, -0.25) is 14.9 Å². The Morgan fingerprint density at radius 1 is 0.667 bits per heavy atom. The maximum absolute atomic E-state index is 12.6. The largest absolute Gasteiger partial charge is 0.493 e. The average molecular weight is 496 g/mol. The predicted molar refractivity (Wildman–Crippen MR) is 147 cm³/mol. The van der Waals surface area contributed by atoms with E-state index < -0.39 is 0 Å². The summed E-state index contributed by atoms with van der Waals surface area (Å²) in [6.07, 6.45) is 0.804. The summed E-state index contributed by atoms with van der Waals surface area (Å²) in [5, 5.41) is 8.58. The second-order valence-corrected chi connectivity index (χ2v) is 8.33. The van der Waals surface area contributed by atoms with Gasteiger partial charge in [-0.05, 0) is 72.4 Å². The number of anilines is 2. The van der Waals surface area contributed by atoms with Gasteiger partial charge >= 0.3 is 0 Å². The summed E-state index contributed by atoms with van der Waals surface area (Å²) in [4.78, 5) is 25.1. The summed E-state index contributed by atoms with van der Waals surface area (Å²) < 4.78 is 5.77. The van der Waals surface area contributed by atoms with Crippen LogP contribution in [0.15, 0.2) is 109 Å². The standard InChI is InChI=1S/C29H25N3O3S/c33-27(22-14-16-26(17-15-22)35-19-18-21-8-3-1-4-9-21)32-29(36)31-25-13-7-10-23(20-25)28(34)30-24-11-5-2-6-12-24/h1-17,20H,18-19H2,(H,30,34)(H2,31,32,33,36). The van der Waals surface area contributed by atoms with Crippen LogP contribution in [0.2, 0.25) is 0 Å². The van der Waals surface area contributed by atoms with Crippen molar-refractivity contribution in [1.29, 1.82) is 0 Å². The van der Waals surface area contributed by atoms with Gasteiger partial charge in [0.25, 0.3) is 11.8 Å². The van der Waals surface area contributed by atoms with Gasteiger partial charge in [-0.1, -0.05) is 54.6 Å². The summed E-state index contributed by atoms with van der Waals surface area (Å²) >= 11 is 5.29. The maximum Gasteiger partial charge on any atom is 0.257 e. The highest BCUT2D eigenvalue weighted by Gasteiger charge is 2.10. The van der Waals surface area contributed by atoms with Crippen molar-refractivity contribution in [2.75, 3.05) is 17.2 Å². The van der Waals surface area contributed by atoms with Crippen molar-refractivity contribution in [1.82, 2.24) is 5.32 Å². The molecule has 0 aliphatic rings.